The van der Waals surface area contributed by atoms with Gasteiger partial charge in [-0.1, -0.05) is 0 Å². The molecule has 0 aliphatic carbocycles. The van der Waals surface area contributed by atoms with Gasteiger partial charge in [-0.2, -0.15) is 5.10 Å². The molecule has 0 radical (unpaired) electrons. The van der Waals surface area contributed by atoms with Gasteiger partial charge in [0.15, 0.2) is 0 Å². The van der Waals surface area contributed by atoms with E-state index in [-0.39, 0.29) is 6.03 Å². The highest BCUT2D eigenvalue weighted by Gasteiger charge is 2.31. The largest absolute Gasteiger partial charge is 0.480 e. The van der Waals surface area contributed by atoms with Gasteiger partial charge >= 0.3 is 12.0 Å². The van der Waals surface area contributed by atoms with Crippen molar-refractivity contribution in [3.05, 3.63) is 18.0 Å². The lowest BCUT2D eigenvalue weighted by Gasteiger charge is -2.32. The van der Waals surface area contributed by atoms with Crippen LogP contribution in [0.1, 0.15) is 24.8 Å². The SMILES string of the molecule is Cn1cc(CNC(=O)N2CCCCC2C(=O)O)cn1. The van der Waals surface area contributed by atoms with Crippen LogP contribution >= 0.6 is 0 Å². The fraction of sp³-hybridized carbons (Fsp3) is 0.583. The number of rotatable bonds is 3. The number of nitrogens with one attached hydrogen (secondary N) is 1. The van der Waals surface area contributed by atoms with Gasteiger partial charge in [0.05, 0.1) is 6.20 Å². The van der Waals surface area contributed by atoms with E-state index in [1.165, 1.54) is 4.90 Å². The first-order valence-electron chi connectivity index (χ1n) is 6.32. The van der Waals surface area contributed by atoms with Crippen LogP contribution in [0.5, 0.6) is 0 Å². The summed E-state index contributed by atoms with van der Waals surface area (Å²) < 4.78 is 1.66. The van der Waals surface area contributed by atoms with Crippen LogP contribution in [0.3, 0.4) is 0 Å². The van der Waals surface area contributed by atoms with Crippen molar-refractivity contribution in [1.82, 2.24) is 20.0 Å². The molecule has 0 bridgehead atoms. The van der Waals surface area contributed by atoms with Crippen LogP contribution in [0, 0.1) is 0 Å². The number of nitrogens with zero attached hydrogens (tertiary/aromatic N) is 3. The van der Waals surface area contributed by atoms with Crippen molar-refractivity contribution in [2.24, 2.45) is 7.05 Å². The van der Waals surface area contributed by atoms with Gasteiger partial charge in [-0.25, -0.2) is 9.59 Å². The first kappa shape index (κ1) is 13.4. The Labute approximate surface area is 111 Å². The molecule has 1 fully saturated rings. The van der Waals surface area contributed by atoms with Crippen molar-refractivity contribution >= 4 is 12.0 Å². The highest BCUT2D eigenvalue weighted by Crippen LogP contribution is 2.17. The van der Waals surface area contributed by atoms with E-state index < -0.39 is 12.0 Å². The van der Waals surface area contributed by atoms with Crippen LogP contribution in [0.15, 0.2) is 12.4 Å². The number of aliphatic carboxylic acids is 1. The third-order valence-electron chi connectivity index (χ3n) is 3.25. The molecule has 7 nitrogen and oxygen atoms in total. The molecule has 1 aromatic heterocycles. The zero-order valence-electron chi connectivity index (χ0n) is 10.9. The molecule has 2 N–H and O–H groups in total. The first-order chi connectivity index (χ1) is 9.08. The van der Waals surface area contributed by atoms with Gasteiger partial charge in [0, 0.05) is 31.9 Å². The molecular formula is C12H18N4O3. The van der Waals surface area contributed by atoms with E-state index in [1.54, 1.807) is 17.9 Å². The lowest BCUT2D eigenvalue weighted by atomic mass is 10.0. The summed E-state index contributed by atoms with van der Waals surface area (Å²) in [4.78, 5) is 24.5. The summed E-state index contributed by atoms with van der Waals surface area (Å²) >= 11 is 0. The smallest absolute Gasteiger partial charge is 0.326 e. The summed E-state index contributed by atoms with van der Waals surface area (Å²) in [5.74, 6) is -0.934. The topological polar surface area (TPSA) is 87.5 Å². The van der Waals surface area contributed by atoms with Gasteiger partial charge in [0.25, 0.3) is 0 Å². The van der Waals surface area contributed by atoms with E-state index in [1.807, 2.05) is 6.20 Å². The van der Waals surface area contributed by atoms with Gasteiger partial charge in [-0.05, 0) is 19.3 Å². The predicted octanol–water partition coefficient (Wildman–Crippen LogP) is 0.569. The molecule has 1 aliphatic rings. The Bertz CT molecular complexity index is 471. The average molecular weight is 266 g/mol. The van der Waals surface area contributed by atoms with Gasteiger partial charge < -0.3 is 15.3 Å². The Balaban J connectivity index is 1.92. The number of aromatic nitrogens is 2. The molecule has 1 unspecified atom stereocenters. The molecule has 104 valence electrons. The van der Waals surface area contributed by atoms with Crippen molar-refractivity contribution in [2.45, 2.75) is 31.8 Å². The van der Waals surface area contributed by atoms with Crippen LogP contribution in [0.4, 0.5) is 4.79 Å². The quantitative estimate of drug-likeness (QED) is 0.837. The Morgan fingerprint density at radius 3 is 2.95 bits per heavy atom. The maximum Gasteiger partial charge on any atom is 0.326 e. The lowest BCUT2D eigenvalue weighted by Crippen LogP contribution is -2.51. The number of carboxylic acid groups (broad SMARTS) is 1. The summed E-state index contributed by atoms with van der Waals surface area (Å²) in [7, 11) is 1.80. The highest BCUT2D eigenvalue weighted by molar-refractivity contribution is 5.82. The van der Waals surface area contributed by atoms with E-state index >= 15 is 0 Å². The molecule has 0 saturated carbocycles. The zero-order chi connectivity index (χ0) is 13.8. The standard InChI is InChI=1S/C12H18N4O3/c1-15-8-9(7-14-15)6-13-12(19)16-5-3-2-4-10(16)11(17)18/h7-8,10H,2-6H2,1H3,(H,13,19)(H,17,18). The molecule has 2 rings (SSSR count). The molecule has 19 heavy (non-hydrogen) atoms. The fourth-order valence-corrected chi connectivity index (χ4v) is 2.27. The van der Waals surface area contributed by atoms with Gasteiger partial charge in [-0.15, -0.1) is 0 Å². The minimum atomic E-state index is -0.934. The number of aryl methyl sites for hydroxylation is 1. The van der Waals surface area contributed by atoms with Crippen molar-refractivity contribution in [3.63, 3.8) is 0 Å². The Hall–Kier alpha value is -2.05. The van der Waals surface area contributed by atoms with Gasteiger partial charge in [0.2, 0.25) is 0 Å². The second-order valence-electron chi connectivity index (χ2n) is 4.72. The summed E-state index contributed by atoms with van der Waals surface area (Å²) in [6.07, 6.45) is 5.71. The Kier molecular flexibility index (Phi) is 4.03. The monoisotopic (exact) mass is 266 g/mol. The number of hydrogen-bond donors (Lipinski definition) is 2. The van der Waals surface area contributed by atoms with Crippen LogP contribution in [-0.4, -0.2) is 44.4 Å². The van der Waals surface area contributed by atoms with E-state index in [9.17, 15) is 9.59 Å². The van der Waals surface area contributed by atoms with Gasteiger partial charge in [0.1, 0.15) is 6.04 Å². The molecule has 2 heterocycles. The number of amides is 2. The van der Waals surface area contributed by atoms with Crippen molar-refractivity contribution in [1.29, 1.82) is 0 Å². The molecule has 7 heteroatoms. The molecule has 0 spiro atoms. The van der Waals surface area contributed by atoms with E-state index in [4.69, 9.17) is 5.11 Å². The van der Waals surface area contributed by atoms with Crippen LogP contribution in [0.25, 0.3) is 0 Å². The zero-order valence-corrected chi connectivity index (χ0v) is 10.9. The normalized spacial score (nSPS) is 19.2. The Morgan fingerprint density at radius 2 is 2.32 bits per heavy atom. The van der Waals surface area contributed by atoms with Crippen molar-refractivity contribution in [3.8, 4) is 0 Å². The van der Waals surface area contributed by atoms with E-state index in [0.29, 0.717) is 19.5 Å². The molecular weight excluding hydrogens is 248 g/mol. The number of hydrogen-bond acceptors (Lipinski definition) is 3. The third kappa shape index (κ3) is 3.24. The summed E-state index contributed by atoms with van der Waals surface area (Å²) in [5.41, 5.74) is 0.889. The van der Waals surface area contributed by atoms with Gasteiger partial charge in [-0.3, -0.25) is 4.68 Å². The predicted molar refractivity (Wildman–Crippen MR) is 67.4 cm³/mol. The Morgan fingerprint density at radius 1 is 1.53 bits per heavy atom. The maximum atomic E-state index is 12.0. The number of carbonyl (C=O) groups is 2. The average Bonchev–Trinajstić information content (AvgIpc) is 2.81. The highest BCUT2D eigenvalue weighted by atomic mass is 16.4. The number of piperidine rings is 1. The van der Waals surface area contributed by atoms with E-state index in [2.05, 4.69) is 10.4 Å². The lowest BCUT2D eigenvalue weighted by molar-refractivity contribution is -0.143. The fourth-order valence-electron chi connectivity index (χ4n) is 2.27. The summed E-state index contributed by atoms with van der Waals surface area (Å²) in [5, 5.41) is 15.9. The van der Waals surface area contributed by atoms with Crippen LogP contribution < -0.4 is 5.32 Å². The second-order valence-corrected chi connectivity index (χ2v) is 4.72. The van der Waals surface area contributed by atoms with E-state index in [0.717, 1.165) is 18.4 Å². The minimum Gasteiger partial charge on any atom is -0.480 e. The molecule has 1 aromatic rings. The molecule has 1 aliphatic heterocycles. The van der Waals surface area contributed by atoms with Crippen molar-refractivity contribution in [2.75, 3.05) is 6.54 Å². The molecule has 1 saturated heterocycles. The summed E-state index contributed by atoms with van der Waals surface area (Å²) in [6.45, 7) is 0.853. The first-order valence-corrected chi connectivity index (χ1v) is 6.32. The number of urea groups is 1. The molecule has 0 aromatic carbocycles. The summed E-state index contributed by atoms with van der Waals surface area (Å²) in [6, 6.07) is -1.03. The maximum absolute atomic E-state index is 12.0. The molecule has 2 amide bonds. The minimum absolute atomic E-state index is 0.323. The number of carbonyl (C=O) groups excluding carboxylic acids is 1. The van der Waals surface area contributed by atoms with Crippen molar-refractivity contribution < 1.29 is 14.7 Å². The third-order valence-corrected chi connectivity index (χ3v) is 3.25. The number of likely N-dealkylation sites (tertiary alicyclic amines) is 1. The van der Waals surface area contributed by atoms with Crippen LogP contribution in [-0.2, 0) is 18.4 Å². The van der Waals surface area contributed by atoms with Crippen LogP contribution in [0.2, 0.25) is 0 Å². The number of carboxylic acids is 1. The second kappa shape index (κ2) is 5.73. The molecule has 1 atom stereocenters.